The third-order valence-corrected chi connectivity index (χ3v) is 8.02. The molecule has 0 spiro atoms. The maximum absolute atomic E-state index is 13.6. The summed E-state index contributed by atoms with van der Waals surface area (Å²) >= 11 is 5.96. The van der Waals surface area contributed by atoms with Gasteiger partial charge in [0.05, 0.1) is 12.0 Å². The minimum absolute atomic E-state index is 0.0120. The van der Waals surface area contributed by atoms with E-state index in [1.807, 2.05) is 6.07 Å². The molecular formula is C23H25ClN2O4S. The molecule has 3 aromatic rings. The highest BCUT2D eigenvalue weighted by molar-refractivity contribution is 7.89. The first kappa shape index (κ1) is 21.9. The van der Waals surface area contributed by atoms with Crippen LogP contribution >= 0.6 is 11.6 Å². The van der Waals surface area contributed by atoms with Crippen molar-refractivity contribution < 1.29 is 13.2 Å². The van der Waals surface area contributed by atoms with Gasteiger partial charge in [-0.25, -0.2) is 8.42 Å². The van der Waals surface area contributed by atoms with E-state index in [2.05, 4.69) is 4.98 Å². The number of nitrogens with zero attached hydrogens (tertiary/aromatic N) is 1. The fourth-order valence-electron chi connectivity index (χ4n) is 4.16. The van der Waals surface area contributed by atoms with Crippen molar-refractivity contribution in [2.24, 2.45) is 0 Å². The number of aromatic amines is 1. The van der Waals surface area contributed by atoms with Gasteiger partial charge in [-0.15, -0.1) is 0 Å². The van der Waals surface area contributed by atoms with Crippen LogP contribution in [-0.2, 0) is 16.6 Å². The van der Waals surface area contributed by atoms with Gasteiger partial charge >= 0.3 is 0 Å². The van der Waals surface area contributed by atoms with Gasteiger partial charge in [-0.05, 0) is 61.4 Å². The summed E-state index contributed by atoms with van der Waals surface area (Å²) in [5, 5.41) is 1.27. The molecule has 0 unspecified atom stereocenters. The van der Waals surface area contributed by atoms with Gasteiger partial charge in [0.25, 0.3) is 5.56 Å². The number of hydrogen-bond acceptors (Lipinski definition) is 4. The first-order valence-corrected chi connectivity index (χ1v) is 12.2. The van der Waals surface area contributed by atoms with Gasteiger partial charge in [-0.3, -0.25) is 4.79 Å². The molecule has 0 bridgehead atoms. The zero-order valence-electron chi connectivity index (χ0n) is 17.3. The number of methoxy groups -OCH3 is 1. The topological polar surface area (TPSA) is 79.5 Å². The van der Waals surface area contributed by atoms with Crippen LogP contribution in [-0.4, -0.2) is 30.9 Å². The largest absolute Gasteiger partial charge is 0.497 e. The Morgan fingerprint density at radius 3 is 2.45 bits per heavy atom. The summed E-state index contributed by atoms with van der Waals surface area (Å²) < 4.78 is 33.9. The lowest BCUT2D eigenvalue weighted by Crippen LogP contribution is -2.42. The fraction of sp³-hybridized carbons (Fsp3) is 0.348. The van der Waals surface area contributed by atoms with Crippen LogP contribution in [0.15, 0.2) is 58.2 Å². The zero-order valence-corrected chi connectivity index (χ0v) is 18.9. The van der Waals surface area contributed by atoms with E-state index in [0.717, 1.165) is 37.5 Å². The van der Waals surface area contributed by atoms with Crippen molar-refractivity contribution in [1.29, 1.82) is 0 Å². The standard InChI is InChI=1S/C23H25ClN2O4S/c1-30-20-9-12-22-16(14-20)13-17(23(27)25-22)15-26(19-5-3-2-4-6-19)31(28,29)21-10-7-18(24)8-11-21/h7-14,19H,2-6,15H2,1H3,(H,25,27). The smallest absolute Gasteiger partial charge is 0.252 e. The normalized spacial score (nSPS) is 15.5. The Kier molecular flexibility index (Phi) is 6.36. The lowest BCUT2D eigenvalue weighted by molar-refractivity contribution is 0.247. The van der Waals surface area contributed by atoms with Crippen LogP contribution in [0.5, 0.6) is 5.75 Å². The van der Waals surface area contributed by atoms with Crippen LogP contribution in [0.4, 0.5) is 0 Å². The first-order chi connectivity index (χ1) is 14.9. The highest BCUT2D eigenvalue weighted by Crippen LogP contribution is 2.30. The molecular weight excluding hydrogens is 436 g/mol. The number of ether oxygens (including phenoxy) is 1. The Morgan fingerprint density at radius 2 is 1.77 bits per heavy atom. The Balaban J connectivity index is 1.76. The Labute approximate surface area is 186 Å². The number of rotatable bonds is 6. The maximum atomic E-state index is 13.6. The van der Waals surface area contributed by atoms with Crippen molar-refractivity contribution >= 4 is 32.5 Å². The number of fused-ring (bicyclic) bond motifs is 1. The summed E-state index contributed by atoms with van der Waals surface area (Å²) in [6.07, 6.45) is 4.62. The number of H-pyrrole nitrogens is 1. The number of hydrogen-bond donors (Lipinski definition) is 1. The van der Waals surface area contributed by atoms with Gasteiger partial charge in [0, 0.05) is 34.1 Å². The summed E-state index contributed by atoms with van der Waals surface area (Å²) in [6, 6.07) is 13.2. The van der Waals surface area contributed by atoms with Crippen LogP contribution in [0.25, 0.3) is 10.9 Å². The van der Waals surface area contributed by atoms with Crippen LogP contribution in [0.3, 0.4) is 0 Å². The zero-order chi connectivity index (χ0) is 22.0. The van der Waals surface area contributed by atoms with E-state index in [-0.39, 0.29) is 23.0 Å². The second kappa shape index (κ2) is 9.02. The molecule has 8 heteroatoms. The molecule has 1 heterocycles. The van der Waals surface area contributed by atoms with Crippen molar-refractivity contribution in [3.8, 4) is 5.75 Å². The second-order valence-electron chi connectivity index (χ2n) is 7.87. The summed E-state index contributed by atoms with van der Waals surface area (Å²) in [5.41, 5.74) is 0.799. The summed E-state index contributed by atoms with van der Waals surface area (Å²) in [6.45, 7) is 0.0120. The molecule has 1 aliphatic rings. The number of halogens is 1. The molecule has 0 radical (unpaired) electrons. The van der Waals surface area contributed by atoms with Crippen LogP contribution < -0.4 is 10.3 Å². The third-order valence-electron chi connectivity index (χ3n) is 5.86. The van der Waals surface area contributed by atoms with E-state index in [9.17, 15) is 13.2 Å². The highest BCUT2D eigenvalue weighted by atomic mass is 35.5. The molecule has 0 saturated heterocycles. The van der Waals surface area contributed by atoms with E-state index in [0.29, 0.717) is 21.9 Å². The fourth-order valence-corrected chi connectivity index (χ4v) is 5.95. The number of benzene rings is 2. The Bertz CT molecular complexity index is 1230. The molecule has 1 fully saturated rings. The van der Waals surface area contributed by atoms with Crippen LogP contribution in [0.2, 0.25) is 5.02 Å². The number of pyridine rings is 1. The molecule has 1 aliphatic carbocycles. The van der Waals surface area contributed by atoms with Crippen molar-refractivity contribution in [2.75, 3.05) is 7.11 Å². The SMILES string of the molecule is COc1ccc2[nH]c(=O)c(CN(C3CCCCC3)S(=O)(=O)c3ccc(Cl)cc3)cc2c1. The lowest BCUT2D eigenvalue weighted by Gasteiger charge is -2.33. The molecule has 0 aliphatic heterocycles. The lowest BCUT2D eigenvalue weighted by atomic mass is 9.95. The summed E-state index contributed by atoms with van der Waals surface area (Å²) in [7, 11) is -2.22. The van der Waals surface area contributed by atoms with Gasteiger partial charge in [-0.1, -0.05) is 30.9 Å². The highest BCUT2D eigenvalue weighted by Gasteiger charge is 2.33. The van der Waals surface area contributed by atoms with E-state index < -0.39 is 10.0 Å². The molecule has 164 valence electrons. The first-order valence-electron chi connectivity index (χ1n) is 10.4. The van der Waals surface area contributed by atoms with E-state index in [1.165, 1.54) is 16.4 Å². The monoisotopic (exact) mass is 460 g/mol. The average molecular weight is 461 g/mol. The molecule has 4 rings (SSSR count). The minimum Gasteiger partial charge on any atom is -0.497 e. The molecule has 0 amide bonds. The van der Waals surface area contributed by atoms with Crippen LogP contribution in [0, 0.1) is 0 Å². The summed E-state index contributed by atoms with van der Waals surface area (Å²) in [4.78, 5) is 15.8. The molecule has 6 nitrogen and oxygen atoms in total. The molecule has 31 heavy (non-hydrogen) atoms. The molecule has 1 N–H and O–H groups in total. The van der Waals surface area contributed by atoms with Crippen molar-refractivity contribution in [3.63, 3.8) is 0 Å². The van der Waals surface area contributed by atoms with Crippen molar-refractivity contribution in [1.82, 2.24) is 9.29 Å². The van der Waals surface area contributed by atoms with Crippen LogP contribution in [0.1, 0.15) is 37.7 Å². The minimum atomic E-state index is -3.80. The van der Waals surface area contributed by atoms with Gasteiger partial charge in [0.1, 0.15) is 5.75 Å². The molecule has 1 saturated carbocycles. The second-order valence-corrected chi connectivity index (χ2v) is 10.2. The average Bonchev–Trinajstić information content (AvgIpc) is 2.78. The molecule has 2 aromatic carbocycles. The number of nitrogens with one attached hydrogen (secondary N) is 1. The van der Waals surface area contributed by atoms with Crippen molar-refractivity contribution in [2.45, 2.75) is 49.6 Å². The number of sulfonamides is 1. The van der Waals surface area contributed by atoms with E-state index in [4.69, 9.17) is 16.3 Å². The van der Waals surface area contributed by atoms with E-state index >= 15 is 0 Å². The Hall–Kier alpha value is -2.35. The third kappa shape index (κ3) is 4.63. The van der Waals surface area contributed by atoms with Crippen molar-refractivity contribution in [3.05, 3.63) is 69.5 Å². The van der Waals surface area contributed by atoms with Gasteiger partial charge in [0.2, 0.25) is 10.0 Å². The predicted molar refractivity (Wildman–Crippen MR) is 122 cm³/mol. The maximum Gasteiger partial charge on any atom is 0.252 e. The molecule has 0 atom stereocenters. The quantitative estimate of drug-likeness (QED) is 0.577. The summed E-state index contributed by atoms with van der Waals surface area (Å²) in [5.74, 6) is 0.670. The van der Waals surface area contributed by atoms with Gasteiger partial charge in [-0.2, -0.15) is 4.31 Å². The van der Waals surface area contributed by atoms with E-state index in [1.54, 1.807) is 37.4 Å². The number of aromatic nitrogens is 1. The van der Waals surface area contributed by atoms with Gasteiger partial charge < -0.3 is 9.72 Å². The Morgan fingerprint density at radius 1 is 1.06 bits per heavy atom. The predicted octanol–water partition coefficient (Wildman–Crippen LogP) is 4.71. The van der Waals surface area contributed by atoms with Gasteiger partial charge in [0.15, 0.2) is 0 Å². The molecule has 1 aromatic heterocycles.